The maximum absolute atomic E-state index is 12.7. The molecule has 22 heavy (non-hydrogen) atoms. The number of halogens is 3. The zero-order valence-electron chi connectivity index (χ0n) is 12.7. The third-order valence-corrected chi connectivity index (χ3v) is 3.91. The molecule has 3 nitrogen and oxygen atoms in total. The SMILES string of the molecule is CC(C)N1CCC(OC(=O)c2cccc(C(F)(F)F)c2)CC1. The molecule has 1 aliphatic rings. The van der Waals surface area contributed by atoms with Gasteiger partial charge in [0, 0.05) is 19.1 Å². The van der Waals surface area contributed by atoms with Crippen molar-refractivity contribution in [1.29, 1.82) is 0 Å². The molecule has 1 aromatic rings. The van der Waals surface area contributed by atoms with Crippen molar-refractivity contribution in [2.75, 3.05) is 13.1 Å². The van der Waals surface area contributed by atoms with Gasteiger partial charge in [-0.15, -0.1) is 0 Å². The molecular weight excluding hydrogens is 295 g/mol. The molecule has 2 rings (SSSR count). The van der Waals surface area contributed by atoms with Gasteiger partial charge >= 0.3 is 12.1 Å². The number of esters is 1. The van der Waals surface area contributed by atoms with Gasteiger partial charge in [-0.3, -0.25) is 0 Å². The van der Waals surface area contributed by atoms with Crippen molar-refractivity contribution in [3.63, 3.8) is 0 Å². The monoisotopic (exact) mass is 315 g/mol. The lowest BCUT2D eigenvalue weighted by atomic mass is 10.1. The Morgan fingerprint density at radius 3 is 2.45 bits per heavy atom. The lowest BCUT2D eigenvalue weighted by Crippen LogP contribution is -2.41. The largest absolute Gasteiger partial charge is 0.459 e. The molecule has 0 atom stereocenters. The normalized spacial score (nSPS) is 17.7. The van der Waals surface area contributed by atoms with E-state index in [-0.39, 0.29) is 11.7 Å². The summed E-state index contributed by atoms with van der Waals surface area (Å²) >= 11 is 0. The molecule has 0 spiro atoms. The van der Waals surface area contributed by atoms with Gasteiger partial charge < -0.3 is 9.64 Å². The van der Waals surface area contributed by atoms with Crippen LogP contribution in [0.2, 0.25) is 0 Å². The number of hydrogen-bond donors (Lipinski definition) is 0. The van der Waals surface area contributed by atoms with Crippen molar-refractivity contribution in [2.45, 2.75) is 45.0 Å². The van der Waals surface area contributed by atoms with Crippen molar-refractivity contribution >= 4 is 5.97 Å². The predicted octanol–water partition coefficient (Wildman–Crippen LogP) is 3.74. The van der Waals surface area contributed by atoms with E-state index in [4.69, 9.17) is 4.74 Å². The number of alkyl halides is 3. The highest BCUT2D eigenvalue weighted by Crippen LogP contribution is 2.29. The molecule has 0 radical (unpaired) electrons. The van der Waals surface area contributed by atoms with E-state index in [2.05, 4.69) is 18.7 Å². The lowest BCUT2D eigenvalue weighted by Gasteiger charge is -2.34. The molecule has 0 amide bonds. The van der Waals surface area contributed by atoms with Crippen LogP contribution < -0.4 is 0 Å². The van der Waals surface area contributed by atoms with Crippen LogP contribution in [-0.2, 0) is 10.9 Å². The smallest absolute Gasteiger partial charge is 0.416 e. The fraction of sp³-hybridized carbons (Fsp3) is 0.562. The van der Waals surface area contributed by atoms with Crippen LogP contribution in [-0.4, -0.2) is 36.1 Å². The molecule has 1 heterocycles. The first-order valence-corrected chi connectivity index (χ1v) is 7.39. The van der Waals surface area contributed by atoms with E-state index in [0.29, 0.717) is 18.9 Å². The lowest BCUT2D eigenvalue weighted by molar-refractivity contribution is -0.137. The Balaban J connectivity index is 1.96. The molecule has 1 fully saturated rings. The average molecular weight is 315 g/mol. The van der Waals surface area contributed by atoms with Crippen molar-refractivity contribution in [2.24, 2.45) is 0 Å². The number of nitrogens with zero attached hydrogens (tertiary/aromatic N) is 1. The van der Waals surface area contributed by atoms with E-state index in [1.165, 1.54) is 12.1 Å². The van der Waals surface area contributed by atoms with Crippen LogP contribution in [0.1, 0.15) is 42.6 Å². The molecule has 0 aromatic heterocycles. The number of carbonyl (C=O) groups is 1. The van der Waals surface area contributed by atoms with Crippen molar-refractivity contribution < 1.29 is 22.7 Å². The van der Waals surface area contributed by atoms with Crippen LogP contribution in [0.25, 0.3) is 0 Å². The van der Waals surface area contributed by atoms with Gasteiger partial charge in [0.05, 0.1) is 11.1 Å². The Morgan fingerprint density at radius 2 is 1.91 bits per heavy atom. The highest BCUT2D eigenvalue weighted by Gasteiger charge is 2.31. The van der Waals surface area contributed by atoms with Gasteiger partial charge in [-0.25, -0.2) is 4.79 Å². The molecule has 0 aliphatic carbocycles. The zero-order valence-corrected chi connectivity index (χ0v) is 12.7. The van der Waals surface area contributed by atoms with E-state index in [1.807, 2.05) is 0 Å². The molecule has 1 saturated heterocycles. The molecule has 0 unspecified atom stereocenters. The van der Waals surface area contributed by atoms with Gasteiger partial charge in [-0.05, 0) is 44.9 Å². The standard InChI is InChI=1S/C16H20F3NO2/c1-11(2)20-8-6-14(7-9-20)22-15(21)12-4-3-5-13(10-12)16(17,18)19/h3-5,10-11,14H,6-9H2,1-2H3. The Labute approximate surface area is 128 Å². The van der Waals surface area contributed by atoms with Crippen LogP contribution in [0.5, 0.6) is 0 Å². The number of likely N-dealkylation sites (tertiary alicyclic amines) is 1. The Kier molecular flexibility index (Phi) is 5.11. The van der Waals surface area contributed by atoms with Gasteiger partial charge in [0.1, 0.15) is 6.10 Å². The highest BCUT2D eigenvalue weighted by molar-refractivity contribution is 5.89. The van der Waals surface area contributed by atoms with E-state index in [0.717, 1.165) is 25.2 Å². The third-order valence-electron chi connectivity index (χ3n) is 3.91. The Bertz CT molecular complexity index is 520. The van der Waals surface area contributed by atoms with Gasteiger partial charge in [-0.1, -0.05) is 6.07 Å². The molecule has 0 saturated carbocycles. The molecule has 122 valence electrons. The van der Waals surface area contributed by atoms with E-state index in [9.17, 15) is 18.0 Å². The summed E-state index contributed by atoms with van der Waals surface area (Å²) in [6.07, 6.45) is -3.26. The number of piperidine rings is 1. The van der Waals surface area contributed by atoms with Gasteiger partial charge in [-0.2, -0.15) is 13.2 Å². The second-order valence-corrected chi connectivity index (χ2v) is 5.81. The zero-order chi connectivity index (χ0) is 16.3. The van der Waals surface area contributed by atoms with Crippen LogP contribution in [0.4, 0.5) is 13.2 Å². The average Bonchev–Trinajstić information content (AvgIpc) is 2.47. The topological polar surface area (TPSA) is 29.5 Å². The Morgan fingerprint density at radius 1 is 1.27 bits per heavy atom. The summed E-state index contributed by atoms with van der Waals surface area (Å²) < 4.78 is 43.3. The second-order valence-electron chi connectivity index (χ2n) is 5.81. The molecular formula is C16H20F3NO2. The van der Waals surface area contributed by atoms with Crippen LogP contribution in [0, 0.1) is 0 Å². The number of ether oxygens (including phenoxy) is 1. The maximum Gasteiger partial charge on any atom is 0.416 e. The van der Waals surface area contributed by atoms with Gasteiger partial charge in [0.15, 0.2) is 0 Å². The van der Waals surface area contributed by atoms with Crippen LogP contribution >= 0.6 is 0 Å². The summed E-state index contributed by atoms with van der Waals surface area (Å²) in [4.78, 5) is 14.3. The van der Waals surface area contributed by atoms with Gasteiger partial charge in [0.2, 0.25) is 0 Å². The first-order valence-electron chi connectivity index (χ1n) is 7.39. The van der Waals surface area contributed by atoms with E-state index < -0.39 is 17.7 Å². The van der Waals surface area contributed by atoms with Crippen molar-refractivity contribution in [3.05, 3.63) is 35.4 Å². The van der Waals surface area contributed by atoms with Crippen molar-refractivity contribution in [3.8, 4) is 0 Å². The van der Waals surface area contributed by atoms with Crippen LogP contribution in [0.3, 0.4) is 0 Å². The highest BCUT2D eigenvalue weighted by atomic mass is 19.4. The third kappa shape index (κ3) is 4.22. The molecule has 1 aliphatic heterocycles. The molecule has 0 N–H and O–H groups in total. The summed E-state index contributed by atoms with van der Waals surface area (Å²) in [6.45, 7) is 5.88. The predicted molar refractivity (Wildman–Crippen MR) is 76.6 cm³/mol. The first kappa shape index (κ1) is 16.8. The number of carbonyl (C=O) groups excluding carboxylic acids is 1. The minimum atomic E-state index is -4.46. The van der Waals surface area contributed by atoms with E-state index >= 15 is 0 Å². The van der Waals surface area contributed by atoms with Crippen molar-refractivity contribution in [1.82, 2.24) is 4.90 Å². The fourth-order valence-electron chi connectivity index (χ4n) is 2.55. The maximum atomic E-state index is 12.7. The minimum absolute atomic E-state index is 0.0545. The minimum Gasteiger partial charge on any atom is -0.459 e. The summed E-state index contributed by atoms with van der Waals surface area (Å²) in [5.41, 5.74) is -0.891. The second kappa shape index (κ2) is 6.69. The number of hydrogen-bond acceptors (Lipinski definition) is 3. The molecule has 1 aromatic carbocycles. The number of benzene rings is 1. The Hall–Kier alpha value is -1.56. The summed E-state index contributed by atoms with van der Waals surface area (Å²) in [6, 6.07) is 4.80. The molecule has 0 bridgehead atoms. The van der Waals surface area contributed by atoms with Crippen LogP contribution in [0.15, 0.2) is 24.3 Å². The fourth-order valence-corrected chi connectivity index (χ4v) is 2.55. The molecule has 6 heteroatoms. The number of rotatable bonds is 3. The van der Waals surface area contributed by atoms with E-state index in [1.54, 1.807) is 0 Å². The summed E-state index contributed by atoms with van der Waals surface area (Å²) in [7, 11) is 0. The first-order chi connectivity index (χ1) is 10.3. The summed E-state index contributed by atoms with van der Waals surface area (Å²) in [5.74, 6) is -0.686. The summed E-state index contributed by atoms with van der Waals surface area (Å²) in [5, 5.41) is 0. The van der Waals surface area contributed by atoms with Gasteiger partial charge in [0.25, 0.3) is 0 Å². The quantitative estimate of drug-likeness (QED) is 0.796.